The van der Waals surface area contributed by atoms with E-state index < -0.39 is 11.9 Å². The minimum Gasteiger partial charge on any atom is -0.481 e. The molecule has 2 heterocycles. The number of aryl methyl sites for hydroxylation is 1. The van der Waals surface area contributed by atoms with Crippen molar-refractivity contribution in [3.8, 4) is 11.3 Å². The summed E-state index contributed by atoms with van der Waals surface area (Å²) in [5.41, 5.74) is 5.36. The highest BCUT2D eigenvalue weighted by Gasteiger charge is 2.21. The number of benzene rings is 2. The second-order valence-corrected chi connectivity index (χ2v) is 9.30. The Morgan fingerprint density at radius 1 is 1.12 bits per heavy atom. The van der Waals surface area contributed by atoms with Crippen molar-refractivity contribution in [2.24, 2.45) is 5.92 Å². The lowest BCUT2D eigenvalue weighted by Gasteiger charge is -2.13. The Hall–Kier alpha value is -3.12. The molecule has 174 valence electrons. The number of aromatic amines is 1. The van der Waals surface area contributed by atoms with Gasteiger partial charge >= 0.3 is 5.97 Å². The van der Waals surface area contributed by atoms with Crippen LogP contribution in [0.2, 0.25) is 0 Å². The number of hydrogen-bond donors (Lipinski definition) is 3. The zero-order valence-electron chi connectivity index (χ0n) is 20.0. The molecule has 4 rings (SSSR count). The summed E-state index contributed by atoms with van der Waals surface area (Å²) >= 11 is 1.61. The summed E-state index contributed by atoms with van der Waals surface area (Å²) in [6, 6.07) is 16.4. The zero-order valence-corrected chi connectivity index (χ0v) is 20.8. The van der Waals surface area contributed by atoms with Crippen LogP contribution in [0.15, 0.2) is 54.7 Å². The maximum absolute atomic E-state index is 11.9. The molecule has 6 heteroatoms. The van der Waals surface area contributed by atoms with Crippen molar-refractivity contribution in [3.63, 3.8) is 0 Å². The van der Waals surface area contributed by atoms with Gasteiger partial charge in [-0.1, -0.05) is 63.6 Å². The summed E-state index contributed by atoms with van der Waals surface area (Å²) in [4.78, 5) is 21.1. The molecule has 2 aromatic heterocycles. The van der Waals surface area contributed by atoms with Gasteiger partial charge in [0.25, 0.3) is 0 Å². The first-order valence-corrected chi connectivity index (χ1v) is 12.3. The van der Waals surface area contributed by atoms with Crippen molar-refractivity contribution >= 4 is 33.3 Å². The molecule has 0 aliphatic carbocycles. The van der Waals surface area contributed by atoms with Crippen LogP contribution in [0, 0.1) is 12.8 Å². The first-order valence-electron chi connectivity index (χ1n) is 11.5. The lowest BCUT2D eigenvalue weighted by Crippen LogP contribution is -2.25. The maximum atomic E-state index is 11.9. The van der Waals surface area contributed by atoms with Crippen molar-refractivity contribution in [1.82, 2.24) is 9.97 Å². The molecule has 1 unspecified atom stereocenters. The molecule has 33 heavy (non-hydrogen) atoms. The smallest absolute Gasteiger partial charge is 0.308 e. The van der Waals surface area contributed by atoms with Gasteiger partial charge in [-0.15, -0.1) is 11.3 Å². The summed E-state index contributed by atoms with van der Waals surface area (Å²) in [6.07, 6.45) is 2.36. The van der Waals surface area contributed by atoms with Crippen LogP contribution in [0.1, 0.15) is 49.6 Å². The van der Waals surface area contributed by atoms with Crippen LogP contribution < -0.4 is 5.32 Å². The fraction of sp³-hybridized carbons (Fsp3) is 0.333. The number of nitrogens with one attached hydrogen (secondary N) is 2. The molecular weight excluding hydrogens is 430 g/mol. The number of fused-ring (bicyclic) bond motifs is 1. The molecule has 0 saturated carbocycles. The Labute approximate surface area is 199 Å². The van der Waals surface area contributed by atoms with Crippen molar-refractivity contribution in [2.75, 3.05) is 11.9 Å². The Morgan fingerprint density at radius 2 is 1.85 bits per heavy atom. The monoisotopic (exact) mass is 463 g/mol. The molecule has 0 radical (unpaired) electrons. The number of H-pyrrole nitrogens is 1. The predicted molar refractivity (Wildman–Crippen MR) is 139 cm³/mol. The van der Waals surface area contributed by atoms with Gasteiger partial charge in [-0.2, -0.15) is 0 Å². The Balaban J connectivity index is 0.00000149. The number of aliphatic carboxylic acids is 1. The fourth-order valence-corrected chi connectivity index (χ4v) is 4.69. The van der Waals surface area contributed by atoms with Gasteiger partial charge in [0.2, 0.25) is 0 Å². The van der Waals surface area contributed by atoms with Crippen LogP contribution in [0.4, 0.5) is 5.13 Å². The minimum atomic E-state index is -0.805. The van der Waals surface area contributed by atoms with Crippen LogP contribution >= 0.6 is 11.3 Å². The number of carboxylic acid groups (broad SMARTS) is 1. The second kappa shape index (κ2) is 11.1. The molecule has 0 aliphatic heterocycles. The molecule has 0 fully saturated rings. The summed E-state index contributed by atoms with van der Waals surface area (Å²) in [5, 5.41) is 14.9. The molecule has 1 atom stereocenters. The van der Waals surface area contributed by atoms with E-state index in [1.807, 2.05) is 38.2 Å². The molecule has 2 aromatic carbocycles. The Bertz CT molecular complexity index is 1190. The number of anilines is 1. The number of nitrogens with zero attached hydrogens (tertiary/aromatic N) is 1. The largest absolute Gasteiger partial charge is 0.481 e. The van der Waals surface area contributed by atoms with Crippen LogP contribution in [0.5, 0.6) is 0 Å². The van der Waals surface area contributed by atoms with Crippen molar-refractivity contribution in [3.05, 3.63) is 70.7 Å². The number of carbonyl (C=O) groups is 1. The normalized spacial score (nSPS) is 11.8. The SMILES string of the molecule is CC.Cc1ccc(-c2nc(NCC(Cc3ccc4[nH]ccc4c3)C(=O)O)sc2C(C)C)cc1. The molecule has 0 aliphatic rings. The van der Waals surface area contributed by atoms with E-state index in [9.17, 15) is 9.90 Å². The zero-order chi connectivity index (χ0) is 24.0. The number of carboxylic acids is 1. The highest BCUT2D eigenvalue weighted by atomic mass is 32.1. The number of thiazole rings is 1. The van der Waals surface area contributed by atoms with Gasteiger partial charge in [-0.05, 0) is 48.4 Å². The average molecular weight is 464 g/mol. The maximum Gasteiger partial charge on any atom is 0.308 e. The van der Waals surface area contributed by atoms with E-state index in [4.69, 9.17) is 4.98 Å². The predicted octanol–water partition coefficient (Wildman–Crippen LogP) is 7.10. The van der Waals surface area contributed by atoms with Gasteiger partial charge in [0.1, 0.15) is 0 Å². The van der Waals surface area contributed by atoms with Crippen molar-refractivity contribution < 1.29 is 9.90 Å². The summed E-state index contributed by atoms with van der Waals surface area (Å²) < 4.78 is 0. The van der Waals surface area contributed by atoms with Crippen LogP contribution in [-0.4, -0.2) is 27.6 Å². The van der Waals surface area contributed by atoms with E-state index in [2.05, 4.69) is 61.4 Å². The quantitative estimate of drug-likeness (QED) is 0.260. The van der Waals surface area contributed by atoms with Gasteiger partial charge in [-0.3, -0.25) is 4.79 Å². The third kappa shape index (κ3) is 6.02. The highest BCUT2D eigenvalue weighted by molar-refractivity contribution is 7.16. The Kier molecular flexibility index (Phi) is 8.28. The fourth-order valence-electron chi connectivity index (χ4n) is 3.69. The van der Waals surface area contributed by atoms with Crippen LogP contribution in [0.3, 0.4) is 0 Å². The van der Waals surface area contributed by atoms with E-state index >= 15 is 0 Å². The summed E-state index contributed by atoms with van der Waals surface area (Å²) in [6.45, 7) is 10.7. The van der Waals surface area contributed by atoms with Crippen molar-refractivity contribution in [2.45, 2.75) is 47.0 Å². The van der Waals surface area contributed by atoms with E-state index in [1.165, 1.54) is 10.4 Å². The number of rotatable bonds is 8. The first-order chi connectivity index (χ1) is 15.9. The number of aromatic nitrogens is 2. The molecule has 3 N–H and O–H groups in total. The third-order valence-electron chi connectivity index (χ3n) is 5.45. The first kappa shape index (κ1) is 24.5. The lowest BCUT2D eigenvalue weighted by atomic mass is 9.98. The van der Waals surface area contributed by atoms with Gasteiger partial charge < -0.3 is 15.4 Å². The molecule has 4 aromatic rings. The molecule has 0 spiro atoms. The van der Waals surface area contributed by atoms with E-state index in [0.29, 0.717) is 18.9 Å². The molecule has 0 amide bonds. The topological polar surface area (TPSA) is 78.0 Å². The third-order valence-corrected chi connectivity index (χ3v) is 6.77. The van der Waals surface area contributed by atoms with Crippen LogP contribution in [0.25, 0.3) is 22.2 Å². The summed E-state index contributed by atoms with van der Waals surface area (Å²) in [5.74, 6) is -1.00. The van der Waals surface area contributed by atoms with Crippen molar-refractivity contribution in [1.29, 1.82) is 0 Å². The van der Waals surface area contributed by atoms with Gasteiger partial charge in [0.05, 0.1) is 11.6 Å². The molecular formula is C27H33N3O2S. The van der Waals surface area contributed by atoms with Gasteiger partial charge in [0, 0.05) is 28.7 Å². The molecule has 0 bridgehead atoms. The van der Waals surface area contributed by atoms with E-state index in [1.54, 1.807) is 11.3 Å². The minimum absolute atomic E-state index is 0.332. The summed E-state index contributed by atoms with van der Waals surface area (Å²) in [7, 11) is 0. The average Bonchev–Trinajstić information content (AvgIpc) is 3.45. The lowest BCUT2D eigenvalue weighted by molar-refractivity contribution is -0.141. The van der Waals surface area contributed by atoms with E-state index in [-0.39, 0.29) is 0 Å². The van der Waals surface area contributed by atoms with E-state index in [0.717, 1.165) is 32.9 Å². The molecule has 0 saturated heterocycles. The molecule has 5 nitrogen and oxygen atoms in total. The number of hydrogen-bond acceptors (Lipinski definition) is 4. The van der Waals surface area contributed by atoms with Crippen LogP contribution in [-0.2, 0) is 11.2 Å². The second-order valence-electron chi connectivity index (χ2n) is 8.27. The Morgan fingerprint density at radius 3 is 2.52 bits per heavy atom. The van der Waals surface area contributed by atoms with Gasteiger partial charge in [0.15, 0.2) is 5.13 Å². The van der Waals surface area contributed by atoms with Gasteiger partial charge in [-0.25, -0.2) is 4.98 Å². The highest BCUT2D eigenvalue weighted by Crippen LogP contribution is 2.36. The standard InChI is InChI=1S/C25H27N3O2S.C2H6/c1-15(2)23-22(18-7-4-16(3)5-8-18)28-25(31-23)27-14-20(24(29)30)13-17-6-9-21-19(12-17)10-11-26-21;1-2/h4-12,15,20,26H,13-14H2,1-3H3,(H,27,28)(H,29,30);1-2H3.